The van der Waals surface area contributed by atoms with Gasteiger partial charge in [0.1, 0.15) is 0 Å². The zero-order valence-corrected chi connectivity index (χ0v) is 11.3. The Morgan fingerprint density at radius 3 is 2.65 bits per heavy atom. The lowest BCUT2D eigenvalue weighted by Gasteiger charge is -2.40. The van der Waals surface area contributed by atoms with Crippen LogP contribution in [0.3, 0.4) is 0 Å². The first-order valence-electron chi connectivity index (χ1n) is 7.74. The van der Waals surface area contributed by atoms with E-state index in [4.69, 9.17) is 0 Å². The molecule has 2 N–H and O–H groups in total. The van der Waals surface area contributed by atoms with Gasteiger partial charge in [0.05, 0.1) is 0 Å². The fraction of sp³-hybridized carbons (Fsp3) is 1.00. The van der Waals surface area contributed by atoms with Crippen LogP contribution in [0.1, 0.15) is 58.3 Å². The zero-order chi connectivity index (χ0) is 11.7. The summed E-state index contributed by atoms with van der Waals surface area (Å²) in [5.74, 6) is 0.918. The van der Waals surface area contributed by atoms with Crippen molar-refractivity contribution in [1.82, 2.24) is 10.6 Å². The molecule has 0 spiro atoms. The van der Waals surface area contributed by atoms with Crippen LogP contribution in [0.25, 0.3) is 0 Å². The number of hydrogen-bond acceptors (Lipinski definition) is 2. The molecular weight excluding hydrogens is 208 g/mol. The second-order valence-electron chi connectivity index (χ2n) is 6.95. The predicted molar refractivity (Wildman–Crippen MR) is 72.1 cm³/mol. The third-order valence-electron chi connectivity index (χ3n) is 5.54. The summed E-state index contributed by atoms with van der Waals surface area (Å²) in [6.07, 6.45) is 11.5. The maximum Gasteiger partial charge on any atom is 0.0111 e. The second-order valence-corrected chi connectivity index (χ2v) is 6.95. The molecule has 1 aliphatic heterocycles. The maximum atomic E-state index is 3.91. The SMILES string of the molecule is CC1(CNC2CCCC2C2CCCN2)CCC1. The predicted octanol–water partition coefficient (Wildman–Crippen LogP) is 2.69. The molecule has 0 radical (unpaired) electrons. The van der Waals surface area contributed by atoms with E-state index in [2.05, 4.69) is 17.6 Å². The summed E-state index contributed by atoms with van der Waals surface area (Å²) in [5, 5.41) is 7.62. The molecule has 17 heavy (non-hydrogen) atoms. The Hall–Kier alpha value is -0.0800. The van der Waals surface area contributed by atoms with Crippen molar-refractivity contribution in [2.45, 2.75) is 70.4 Å². The molecule has 2 heteroatoms. The van der Waals surface area contributed by atoms with Crippen LogP contribution in [-0.2, 0) is 0 Å². The van der Waals surface area contributed by atoms with E-state index in [1.807, 2.05) is 0 Å². The second kappa shape index (κ2) is 4.89. The summed E-state index contributed by atoms with van der Waals surface area (Å²) in [4.78, 5) is 0. The van der Waals surface area contributed by atoms with Crippen molar-refractivity contribution in [3.8, 4) is 0 Å². The molecule has 3 fully saturated rings. The summed E-state index contributed by atoms with van der Waals surface area (Å²) in [6, 6.07) is 1.63. The molecule has 0 aromatic carbocycles. The highest BCUT2D eigenvalue weighted by molar-refractivity contribution is 4.95. The van der Waals surface area contributed by atoms with Crippen molar-refractivity contribution in [1.29, 1.82) is 0 Å². The monoisotopic (exact) mass is 236 g/mol. The molecule has 3 atom stereocenters. The van der Waals surface area contributed by atoms with Crippen molar-refractivity contribution in [2.75, 3.05) is 13.1 Å². The standard InChI is InChI=1S/C15H28N2/c1-15(8-4-9-15)11-17-14-6-2-5-12(14)13-7-3-10-16-13/h12-14,16-17H,2-11H2,1H3. The summed E-state index contributed by atoms with van der Waals surface area (Å²) in [6.45, 7) is 4.98. The van der Waals surface area contributed by atoms with Gasteiger partial charge in [-0.15, -0.1) is 0 Å². The van der Waals surface area contributed by atoms with Crippen LogP contribution in [0.4, 0.5) is 0 Å². The van der Waals surface area contributed by atoms with Crippen molar-refractivity contribution in [3.63, 3.8) is 0 Å². The van der Waals surface area contributed by atoms with Gasteiger partial charge in [-0.05, 0) is 56.4 Å². The van der Waals surface area contributed by atoms with Gasteiger partial charge in [0.25, 0.3) is 0 Å². The molecule has 2 aliphatic carbocycles. The van der Waals surface area contributed by atoms with Crippen molar-refractivity contribution in [3.05, 3.63) is 0 Å². The fourth-order valence-electron chi connectivity index (χ4n) is 4.14. The largest absolute Gasteiger partial charge is 0.314 e. The minimum Gasteiger partial charge on any atom is -0.314 e. The molecular formula is C15H28N2. The van der Waals surface area contributed by atoms with Crippen molar-refractivity contribution >= 4 is 0 Å². The van der Waals surface area contributed by atoms with Crippen molar-refractivity contribution in [2.24, 2.45) is 11.3 Å². The Morgan fingerprint density at radius 2 is 2.00 bits per heavy atom. The molecule has 2 saturated carbocycles. The lowest BCUT2D eigenvalue weighted by atomic mass is 9.70. The van der Waals surface area contributed by atoms with Crippen LogP contribution in [0.15, 0.2) is 0 Å². The fourth-order valence-corrected chi connectivity index (χ4v) is 4.14. The summed E-state index contributed by atoms with van der Waals surface area (Å²) in [7, 11) is 0. The highest BCUT2D eigenvalue weighted by Gasteiger charge is 2.37. The van der Waals surface area contributed by atoms with Gasteiger partial charge in [-0.2, -0.15) is 0 Å². The van der Waals surface area contributed by atoms with Crippen LogP contribution in [0.2, 0.25) is 0 Å². The van der Waals surface area contributed by atoms with Gasteiger partial charge < -0.3 is 10.6 Å². The van der Waals surface area contributed by atoms with Gasteiger partial charge >= 0.3 is 0 Å². The molecule has 3 unspecified atom stereocenters. The lowest BCUT2D eigenvalue weighted by molar-refractivity contribution is 0.144. The third-order valence-corrected chi connectivity index (χ3v) is 5.54. The van der Waals surface area contributed by atoms with Gasteiger partial charge in [-0.25, -0.2) is 0 Å². The topological polar surface area (TPSA) is 24.1 Å². The van der Waals surface area contributed by atoms with E-state index < -0.39 is 0 Å². The third kappa shape index (κ3) is 2.53. The minimum atomic E-state index is 0.635. The molecule has 0 amide bonds. The zero-order valence-electron chi connectivity index (χ0n) is 11.3. The van der Waals surface area contributed by atoms with Crippen molar-refractivity contribution < 1.29 is 0 Å². The normalized spacial score (nSPS) is 40.4. The van der Waals surface area contributed by atoms with E-state index in [-0.39, 0.29) is 0 Å². The highest BCUT2D eigenvalue weighted by Crippen LogP contribution is 2.40. The number of hydrogen-bond donors (Lipinski definition) is 2. The molecule has 1 heterocycles. The van der Waals surface area contributed by atoms with Crippen LogP contribution in [0.5, 0.6) is 0 Å². The summed E-state index contributed by atoms with van der Waals surface area (Å²) in [5.41, 5.74) is 0.635. The molecule has 1 saturated heterocycles. The number of rotatable bonds is 4. The Kier molecular flexibility index (Phi) is 3.45. The van der Waals surface area contributed by atoms with Gasteiger partial charge in [-0.3, -0.25) is 0 Å². The van der Waals surface area contributed by atoms with Crippen LogP contribution >= 0.6 is 0 Å². The van der Waals surface area contributed by atoms with Gasteiger partial charge in [0.2, 0.25) is 0 Å². The highest BCUT2D eigenvalue weighted by atomic mass is 15.0. The Balaban J connectivity index is 1.50. The minimum absolute atomic E-state index is 0.635. The average Bonchev–Trinajstić information content (AvgIpc) is 2.93. The van der Waals surface area contributed by atoms with Crippen LogP contribution in [0, 0.1) is 11.3 Å². The lowest BCUT2D eigenvalue weighted by Crippen LogP contribution is -2.47. The average molecular weight is 236 g/mol. The molecule has 2 nitrogen and oxygen atoms in total. The van der Waals surface area contributed by atoms with E-state index in [0.717, 1.165) is 18.0 Å². The number of nitrogens with one attached hydrogen (secondary N) is 2. The van der Waals surface area contributed by atoms with Crippen LogP contribution in [-0.4, -0.2) is 25.2 Å². The first kappa shape index (κ1) is 12.0. The molecule has 3 rings (SSSR count). The van der Waals surface area contributed by atoms with E-state index in [9.17, 15) is 0 Å². The Morgan fingerprint density at radius 1 is 1.12 bits per heavy atom. The van der Waals surface area contributed by atoms with Crippen LogP contribution < -0.4 is 10.6 Å². The first-order valence-corrected chi connectivity index (χ1v) is 7.74. The molecule has 98 valence electrons. The molecule has 0 aromatic heterocycles. The smallest absolute Gasteiger partial charge is 0.0111 e. The maximum absolute atomic E-state index is 3.91. The summed E-state index contributed by atoms with van der Waals surface area (Å²) < 4.78 is 0. The molecule has 0 bridgehead atoms. The Labute approximate surface area is 106 Å². The Bertz CT molecular complexity index is 254. The van der Waals surface area contributed by atoms with E-state index in [0.29, 0.717) is 5.41 Å². The van der Waals surface area contributed by atoms with Gasteiger partial charge in [-0.1, -0.05) is 19.8 Å². The van der Waals surface area contributed by atoms with Gasteiger partial charge in [0.15, 0.2) is 0 Å². The quantitative estimate of drug-likeness (QED) is 0.784. The summed E-state index contributed by atoms with van der Waals surface area (Å²) >= 11 is 0. The van der Waals surface area contributed by atoms with E-state index >= 15 is 0 Å². The van der Waals surface area contributed by atoms with E-state index in [1.54, 1.807) is 0 Å². The molecule has 0 aromatic rings. The van der Waals surface area contributed by atoms with Gasteiger partial charge in [0, 0.05) is 18.6 Å². The molecule has 3 aliphatic rings. The van der Waals surface area contributed by atoms with E-state index in [1.165, 1.54) is 64.5 Å². The first-order chi connectivity index (χ1) is 8.27.